The molecule has 1 aliphatic heterocycles. The van der Waals surface area contributed by atoms with Crippen LogP contribution in [0.25, 0.3) is 0 Å². The van der Waals surface area contributed by atoms with Crippen molar-refractivity contribution < 1.29 is 14.2 Å². The highest BCUT2D eigenvalue weighted by Gasteiger charge is 2.20. The Morgan fingerprint density at radius 1 is 1.44 bits per heavy atom. The van der Waals surface area contributed by atoms with Gasteiger partial charge in [-0.1, -0.05) is 12.1 Å². The van der Waals surface area contributed by atoms with Gasteiger partial charge < -0.3 is 14.7 Å². The van der Waals surface area contributed by atoms with Crippen LogP contribution in [0, 0.1) is 5.82 Å². The van der Waals surface area contributed by atoms with Crippen molar-refractivity contribution in [3.63, 3.8) is 0 Å². The van der Waals surface area contributed by atoms with Crippen LogP contribution in [0.15, 0.2) is 24.3 Å². The van der Waals surface area contributed by atoms with Crippen LogP contribution in [-0.4, -0.2) is 42.9 Å². The number of hydrogen-bond donors (Lipinski definition) is 1. The van der Waals surface area contributed by atoms with Crippen molar-refractivity contribution in [2.75, 3.05) is 26.8 Å². The van der Waals surface area contributed by atoms with Crippen LogP contribution in [0.5, 0.6) is 0 Å². The predicted molar refractivity (Wildman–Crippen MR) is 67.8 cm³/mol. The van der Waals surface area contributed by atoms with E-state index in [2.05, 4.69) is 11.9 Å². The molecule has 1 aromatic rings. The molecule has 0 saturated carbocycles. The Hall–Kier alpha value is -0.970. The first-order valence-corrected chi connectivity index (χ1v) is 6.38. The molecule has 0 radical (unpaired) electrons. The minimum absolute atomic E-state index is 0.272. The molecular weight excluding hydrogens is 233 g/mol. The predicted octanol–water partition coefficient (Wildman–Crippen LogP) is 1.97. The van der Waals surface area contributed by atoms with Crippen molar-refractivity contribution in [1.29, 1.82) is 0 Å². The summed E-state index contributed by atoms with van der Waals surface area (Å²) in [6.07, 6.45) is 1.18. The summed E-state index contributed by atoms with van der Waals surface area (Å²) >= 11 is 0. The third-order valence-electron chi connectivity index (χ3n) is 3.54. The highest BCUT2D eigenvalue weighted by atomic mass is 19.1. The highest BCUT2D eigenvalue weighted by molar-refractivity contribution is 5.18. The van der Waals surface area contributed by atoms with Gasteiger partial charge in [-0.2, -0.15) is 0 Å². The zero-order chi connectivity index (χ0) is 13.0. The summed E-state index contributed by atoms with van der Waals surface area (Å²) in [5.74, 6) is -0.272. The van der Waals surface area contributed by atoms with E-state index in [0.717, 1.165) is 31.7 Å². The number of nitrogens with zero attached hydrogens (tertiary/aromatic N) is 1. The molecule has 2 atom stereocenters. The van der Waals surface area contributed by atoms with Gasteiger partial charge in [0.2, 0.25) is 0 Å². The molecule has 3 nitrogen and oxygen atoms in total. The molecule has 4 heteroatoms. The van der Waals surface area contributed by atoms with E-state index in [4.69, 9.17) is 4.74 Å². The lowest BCUT2D eigenvalue weighted by atomic mass is 10.1. The Kier molecular flexibility index (Phi) is 4.69. The molecule has 1 N–H and O–H groups in total. The summed E-state index contributed by atoms with van der Waals surface area (Å²) in [5.41, 5.74) is 0.771. The zero-order valence-corrected chi connectivity index (χ0v) is 10.7. The van der Waals surface area contributed by atoms with Crippen molar-refractivity contribution in [3.8, 4) is 0 Å². The van der Waals surface area contributed by atoms with Gasteiger partial charge in [-0.3, -0.25) is 0 Å². The van der Waals surface area contributed by atoms with Gasteiger partial charge in [-0.25, -0.2) is 4.39 Å². The Labute approximate surface area is 107 Å². The molecule has 0 aromatic heterocycles. The molecular formula is C14H20FNO2. The van der Waals surface area contributed by atoms with Crippen LogP contribution in [-0.2, 0) is 4.74 Å². The van der Waals surface area contributed by atoms with Gasteiger partial charge in [-0.15, -0.1) is 0 Å². The van der Waals surface area contributed by atoms with Crippen molar-refractivity contribution in [1.82, 2.24) is 4.90 Å². The smallest absolute Gasteiger partial charge is 0.123 e. The molecule has 100 valence electrons. The first kappa shape index (κ1) is 13.5. The van der Waals surface area contributed by atoms with Crippen molar-refractivity contribution in [2.24, 2.45) is 0 Å². The van der Waals surface area contributed by atoms with Crippen molar-refractivity contribution in [3.05, 3.63) is 35.6 Å². The van der Waals surface area contributed by atoms with Gasteiger partial charge in [-0.05, 0) is 37.6 Å². The van der Waals surface area contributed by atoms with Crippen LogP contribution >= 0.6 is 0 Å². The maximum absolute atomic E-state index is 12.8. The van der Waals surface area contributed by atoms with Gasteiger partial charge in [0.15, 0.2) is 0 Å². The number of aliphatic hydroxyl groups is 1. The fraction of sp³-hybridized carbons (Fsp3) is 0.571. The standard InChI is InChI=1S/C14H20FNO2/c1-16(13-7-9-18-10-13)8-6-14(17)11-2-4-12(15)5-3-11/h2-5,13-14,17H,6-10H2,1H3. The third kappa shape index (κ3) is 3.51. The molecule has 2 unspecified atom stereocenters. The zero-order valence-electron chi connectivity index (χ0n) is 10.7. The summed E-state index contributed by atoms with van der Waals surface area (Å²) in [6, 6.07) is 6.50. The quantitative estimate of drug-likeness (QED) is 0.871. The van der Waals surface area contributed by atoms with Gasteiger partial charge in [0, 0.05) is 19.2 Å². The van der Waals surface area contributed by atoms with Crippen LogP contribution in [0.2, 0.25) is 0 Å². The molecule has 2 rings (SSSR count). The Morgan fingerprint density at radius 2 is 2.17 bits per heavy atom. The highest BCUT2D eigenvalue weighted by Crippen LogP contribution is 2.19. The van der Waals surface area contributed by atoms with E-state index in [1.165, 1.54) is 12.1 Å². The summed E-state index contributed by atoms with van der Waals surface area (Å²) < 4.78 is 18.1. The number of rotatable bonds is 5. The minimum Gasteiger partial charge on any atom is -0.388 e. The van der Waals surface area contributed by atoms with Gasteiger partial charge in [0.25, 0.3) is 0 Å². The molecule has 1 heterocycles. The topological polar surface area (TPSA) is 32.7 Å². The van der Waals surface area contributed by atoms with E-state index in [1.54, 1.807) is 12.1 Å². The maximum Gasteiger partial charge on any atom is 0.123 e. The molecule has 1 aliphatic rings. The molecule has 18 heavy (non-hydrogen) atoms. The molecule has 1 saturated heterocycles. The first-order chi connectivity index (χ1) is 8.66. The Balaban J connectivity index is 1.80. The number of ether oxygens (including phenoxy) is 1. The second-order valence-corrected chi connectivity index (χ2v) is 4.85. The molecule has 1 aromatic carbocycles. The average Bonchev–Trinajstić information content (AvgIpc) is 2.90. The van der Waals surface area contributed by atoms with Crippen LogP contribution in [0.4, 0.5) is 4.39 Å². The number of aliphatic hydroxyl groups excluding tert-OH is 1. The fourth-order valence-electron chi connectivity index (χ4n) is 2.23. The van der Waals surface area contributed by atoms with E-state index in [0.29, 0.717) is 12.5 Å². The van der Waals surface area contributed by atoms with E-state index < -0.39 is 6.10 Å². The first-order valence-electron chi connectivity index (χ1n) is 6.38. The minimum atomic E-state index is -0.532. The maximum atomic E-state index is 12.8. The molecule has 0 amide bonds. The largest absolute Gasteiger partial charge is 0.388 e. The van der Waals surface area contributed by atoms with E-state index >= 15 is 0 Å². The summed E-state index contributed by atoms with van der Waals surface area (Å²) in [6.45, 7) is 2.42. The van der Waals surface area contributed by atoms with Crippen molar-refractivity contribution in [2.45, 2.75) is 25.0 Å². The third-order valence-corrected chi connectivity index (χ3v) is 3.54. The lowest BCUT2D eigenvalue weighted by molar-refractivity contribution is 0.124. The molecule has 0 aliphatic carbocycles. The fourth-order valence-corrected chi connectivity index (χ4v) is 2.23. The van der Waals surface area contributed by atoms with E-state index in [-0.39, 0.29) is 5.82 Å². The SMILES string of the molecule is CN(CCC(O)c1ccc(F)cc1)C1CCOC1. The number of halogens is 1. The second kappa shape index (κ2) is 6.27. The van der Waals surface area contributed by atoms with Crippen LogP contribution in [0.1, 0.15) is 24.5 Å². The average molecular weight is 253 g/mol. The van der Waals surface area contributed by atoms with Crippen LogP contribution in [0.3, 0.4) is 0 Å². The number of hydrogen-bond acceptors (Lipinski definition) is 3. The summed E-state index contributed by atoms with van der Waals surface area (Å²) in [4.78, 5) is 2.22. The number of benzene rings is 1. The second-order valence-electron chi connectivity index (χ2n) is 4.85. The lowest BCUT2D eigenvalue weighted by Gasteiger charge is -2.24. The Morgan fingerprint density at radius 3 is 2.78 bits per heavy atom. The summed E-state index contributed by atoms with van der Waals surface area (Å²) in [7, 11) is 2.05. The molecule has 0 bridgehead atoms. The van der Waals surface area contributed by atoms with Crippen molar-refractivity contribution >= 4 is 0 Å². The molecule has 0 spiro atoms. The lowest BCUT2D eigenvalue weighted by Crippen LogP contribution is -2.33. The van der Waals surface area contributed by atoms with Gasteiger partial charge in [0.1, 0.15) is 5.82 Å². The van der Waals surface area contributed by atoms with Gasteiger partial charge >= 0.3 is 0 Å². The summed E-state index contributed by atoms with van der Waals surface area (Å²) in [5, 5.41) is 10.0. The monoisotopic (exact) mass is 253 g/mol. The van der Waals surface area contributed by atoms with E-state index in [9.17, 15) is 9.50 Å². The van der Waals surface area contributed by atoms with E-state index in [1.807, 2.05) is 0 Å². The normalized spacial score (nSPS) is 21.4. The molecule has 1 fully saturated rings. The van der Waals surface area contributed by atoms with Crippen LogP contribution < -0.4 is 0 Å². The van der Waals surface area contributed by atoms with Gasteiger partial charge in [0.05, 0.1) is 12.7 Å². The Bertz CT molecular complexity index is 363. The number of likely N-dealkylation sites (N-methyl/N-ethyl adjacent to an activating group) is 1.